The number of thiocarbonyl (C=S) groups is 1. The van der Waals surface area contributed by atoms with E-state index in [2.05, 4.69) is 5.32 Å². The lowest BCUT2D eigenvalue weighted by atomic mass is 10.1. The maximum Gasteiger partial charge on any atom is 0.174 e. The number of rotatable bonds is 3. The van der Waals surface area contributed by atoms with Gasteiger partial charge < -0.3 is 15.0 Å². The zero-order valence-corrected chi connectivity index (χ0v) is 16.0. The Hall–Kier alpha value is -1.64. The molecule has 1 N–H and O–H groups in total. The van der Waals surface area contributed by atoms with Crippen LogP contribution in [-0.2, 0) is 0 Å². The van der Waals surface area contributed by atoms with Gasteiger partial charge in [-0.1, -0.05) is 11.6 Å². The first-order valence-electron chi connectivity index (χ1n) is 7.58. The van der Waals surface area contributed by atoms with E-state index in [4.69, 9.17) is 28.6 Å². The highest BCUT2D eigenvalue weighted by atomic mass is 35.5. The van der Waals surface area contributed by atoms with Gasteiger partial charge in [0.05, 0.1) is 17.7 Å². The molecule has 1 heterocycles. The molecule has 1 fully saturated rings. The Kier molecular flexibility index (Phi) is 5.84. The second kappa shape index (κ2) is 7.94. The standard InChI is InChI=1S/C17H14ClF3N2OS2/c1-24-14-3-2-10(8-11(14)18)22-17(25)23-4-5-26-16(23)15-12(20)6-9(19)7-13(15)21/h2-3,6-8,16H,4-5H2,1H3,(H,22,25). The predicted octanol–water partition coefficient (Wildman–Crippen LogP) is 5.21. The van der Waals surface area contributed by atoms with E-state index in [1.54, 1.807) is 23.1 Å². The lowest BCUT2D eigenvalue weighted by Crippen LogP contribution is -2.34. The number of thioether (sulfide) groups is 1. The van der Waals surface area contributed by atoms with E-state index in [-0.39, 0.29) is 5.56 Å². The lowest BCUT2D eigenvalue weighted by Gasteiger charge is -2.27. The van der Waals surface area contributed by atoms with Crippen LogP contribution in [0.1, 0.15) is 10.9 Å². The molecule has 0 aromatic heterocycles. The van der Waals surface area contributed by atoms with Crippen molar-refractivity contribution in [2.75, 3.05) is 24.7 Å². The zero-order valence-electron chi connectivity index (χ0n) is 13.6. The van der Waals surface area contributed by atoms with E-state index in [1.165, 1.54) is 18.9 Å². The van der Waals surface area contributed by atoms with Gasteiger partial charge in [0.1, 0.15) is 28.6 Å². The highest BCUT2D eigenvalue weighted by Crippen LogP contribution is 2.41. The Balaban J connectivity index is 1.82. The molecule has 9 heteroatoms. The summed E-state index contributed by atoms with van der Waals surface area (Å²) >= 11 is 12.8. The maximum atomic E-state index is 14.1. The molecule has 3 rings (SSSR count). The van der Waals surface area contributed by atoms with Crippen LogP contribution >= 0.6 is 35.6 Å². The normalized spacial score (nSPS) is 16.7. The summed E-state index contributed by atoms with van der Waals surface area (Å²) in [6.45, 7) is 0.501. The Labute approximate surface area is 163 Å². The van der Waals surface area contributed by atoms with E-state index in [1.807, 2.05) is 0 Å². The zero-order chi connectivity index (χ0) is 18.8. The minimum Gasteiger partial charge on any atom is -0.495 e. The van der Waals surface area contributed by atoms with Gasteiger partial charge in [-0.3, -0.25) is 0 Å². The van der Waals surface area contributed by atoms with Crippen LogP contribution in [0.15, 0.2) is 30.3 Å². The second-order valence-electron chi connectivity index (χ2n) is 5.48. The fourth-order valence-corrected chi connectivity index (χ4v) is 4.59. The molecular weight excluding hydrogens is 405 g/mol. The Morgan fingerprint density at radius 3 is 2.58 bits per heavy atom. The van der Waals surface area contributed by atoms with Gasteiger partial charge in [0.25, 0.3) is 0 Å². The van der Waals surface area contributed by atoms with E-state index in [0.717, 1.165) is 0 Å². The van der Waals surface area contributed by atoms with Crippen LogP contribution < -0.4 is 10.1 Å². The summed E-state index contributed by atoms with van der Waals surface area (Å²) in [4.78, 5) is 1.66. The van der Waals surface area contributed by atoms with Crippen molar-refractivity contribution in [3.8, 4) is 5.75 Å². The van der Waals surface area contributed by atoms with Gasteiger partial charge in [0, 0.05) is 30.1 Å². The summed E-state index contributed by atoms with van der Waals surface area (Å²) < 4.78 is 46.6. The fraction of sp³-hybridized carbons (Fsp3) is 0.235. The topological polar surface area (TPSA) is 24.5 Å². The van der Waals surface area contributed by atoms with Crippen LogP contribution in [0.5, 0.6) is 5.75 Å². The number of benzene rings is 2. The van der Waals surface area contributed by atoms with Gasteiger partial charge in [0.2, 0.25) is 0 Å². The summed E-state index contributed by atoms with van der Waals surface area (Å²) in [5.41, 5.74) is 0.419. The van der Waals surface area contributed by atoms with Crippen molar-refractivity contribution in [3.05, 3.63) is 58.4 Å². The van der Waals surface area contributed by atoms with Crippen molar-refractivity contribution in [2.45, 2.75) is 5.37 Å². The monoisotopic (exact) mass is 418 g/mol. The second-order valence-corrected chi connectivity index (χ2v) is 7.46. The van der Waals surface area contributed by atoms with E-state index in [9.17, 15) is 13.2 Å². The van der Waals surface area contributed by atoms with Crippen molar-refractivity contribution in [3.63, 3.8) is 0 Å². The van der Waals surface area contributed by atoms with Crippen LogP contribution in [0.4, 0.5) is 18.9 Å². The molecule has 3 nitrogen and oxygen atoms in total. The predicted molar refractivity (Wildman–Crippen MR) is 102 cm³/mol. The molecule has 1 atom stereocenters. The molecule has 2 aromatic carbocycles. The molecule has 0 amide bonds. The Morgan fingerprint density at radius 2 is 1.96 bits per heavy atom. The highest BCUT2D eigenvalue weighted by Gasteiger charge is 2.33. The molecule has 0 radical (unpaired) electrons. The van der Waals surface area contributed by atoms with Gasteiger partial charge in [0.15, 0.2) is 5.11 Å². The first-order chi connectivity index (χ1) is 12.4. The smallest absolute Gasteiger partial charge is 0.174 e. The van der Waals surface area contributed by atoms with E-state index < -0.39 is 22.8 Å². The van der Waals surface area contributed by atoms with Crippen LogP contribution in [0.3, 0.4) is 0 Å². The maximum absolute atomic E-state index is 14.1. The van der Waals surface area contributed by atoms with Crippen molar-refractivity contribution in [1.29, 1.82) is 0 Å². The number of anilines is 1. The Morgan fingerprint density at radius 1 is 1.27 bits per heavy atom. The molecule has 1 aliphatic rings. The Bertz CT molecular complexity index is 830. The summed E-state index contributed by atoms with van der Waals surface area (Å²) in [5.74, 6) is -1.66. The molecule has 2 aromatic rings. The first-order valence-corrected chi connectivity index (χ1v) is 9.41. The third-order valence-corrected chi connectivity index (χ3v) is 5.70. The summed E-state index contributed by atoms with van der Waals surface area (Å²) in [6, 6.07) is 6.41. The number of hydrogen-bond acceptors (Lipinski definition) is 3. The molecule has 26 heavy (non-hydrogen) atoms. The van der Waals surface area contributed by atoms with Crippen molar-refractivity contribution in [2.24, 2.45) is 0 Å². The molecular formula is C17H14ClF3N2OS2. The van der Waals surface area contributed by atoms with Gasteiger partial charge >= 0.3 is 0 Å². The summed E-state index contributed by atoms with van der Waals surface area (Å²) in [5, 5.41) is 3.04. The van der Waals surface area contributed by atoms with Crippen LogP contribution in [0.2, 0.25) is 5.02 Å². The fourth-order valence-electron chi connectivity index (χ4n) is 2.65. The minimum absolute atomic E-state index is 0.203. The number of methoxy groups -OCH3 is 1. The van der Waals surface area contributed by atoms with Gasteiger partial charge in [-0.15, -0.1) is 11.8 Å². The molecule has 0 aliphatic carbocycles. The van der Waals surface area contributed by atoms with Crippen molar-refractivity contribution < 1.29 is 17.9 Å². The van der Waals surface area contributed by atoms with E-state index >= 15 is 0 Å². The number of halogens is 4. The molecule has 0 spiro atoms. The summed E-state index contributed by atoms with van der Waals surface area (Å²) in [6.07, 6.45) is 0. The average molecular weight is 419 g/mol. The SMILES string of the molecule is COc1ccc(NC(=S)N2CCSC2c2c(F)cc(F)cc2F)cc1Cl. The quantitative estimate of drug-likeness (QED) is 0.690. The van der Waals surface area contributed by atoms with Gasteiger partial charge in [-0.05, 0) is 30.4 Å². The number of hydrogen-bond donors (Lipinski definition) is 1. The van der Waals surface area contributed by atoms with E-state index in [0.29, 0.717) is 46.0 Å². The number of nitrogens with zero attached hydrogens (tertiary/aromatic N) is 1. The van der Waals surface area contributed by atoms with Gasteiger partial charge in [-0.25, -0.2) is 13.2 Å². The third kappa shape index (κ3) is 3.87. The molecule has 1 aliphatic heterocycles. The molecule has 138 valence electrons. The molecule has 0 bridgehead atoms. The number of nitrogens with one attached hydrogen (secondary N) is 1. The molecule has 1 saturated heterocycles. The van der Waals surface area contributed by atoms with Crippen LogP contribution in [-0.4, -0.2) is 29.4 Å². The first kappa shape index (κ1) is 19.1. The average Bonchev–Trinajstić information content (AvgIpc) is 3.03. The molecule has 0 saturated carbocycles. The van der Waals surface area contributed by atoms with Crippen LogP contribution in [0.25, 0.3) is 0 Å². The van der Waals surface area contributed by atoms with Gasteiger partial charge in [-0.2, -0.15) is 0 Å². The lowest BCUT2D eigenvalue weighted by molar-refractivity contribution is 0.415. The highest BCUT2D eigenvalue weighted by molar-refractivity contribution is 7.99. The molecule has 1 unspecified atom stereocenters. The minimum atomic E-state index is -0.952. The largest absolute Gasteiger partial charge is 0.495 e. The van der Waals surface area contributed by atoms with Crippen LogP contribution in [0, 0.1) is 17.5 Å². The van der Waals surface area contributed by atoms with Crippen molar-refractivity contribution >= 4 is 46.4 Å². The summed E-state index contributed by atoms with van der Waals surface area (Å²) in [7, 11) is 1.51. The number of ether oxygens (including phenoxy) is 1. The third-order valence-electron chi connectivity index (χ3n) is 3.85. The van der Waals surface area contributed by atoms with Crippen molar-refractivity contribution in [1.82, 2.24) is 4.90 Å².